The summed E-state index contributed by atoms with van der Waals surface area (Å²) in [6, 6.07) is 5.12. The first-order valence-electron chi connectivity index (χ1n) is 7.42. The fraction of sp³-hybridized carbons (Fsp3) is 0.562. The number of carbonyl (C=O) groups is 1. The van der Waals surface area contributed by atoms with Crippen molar-refractivity contribution in [1.29, 1.82) is 0 Å². The second kappa shape index (κ2) is 8.19. The first kappa shape index (κ1) is 19.3. The molecule has 0 aliphatic rings. The van der Waals surface area contributed by atoms with Gasteiger partial charge in [-0.2, -0.15) is 13.2 Å². The van der Waals surface area contributed by atoms with Crippen LogP contribution in [-0.2, 0) is 15.1 Å². The summed E-state index contributed by atoms with van der Waals surface area (Å²) in [7, 11) is 0. The van der Waals surface area contributed by atoms with Crippen LogP contribution in [0.1, 0.15) is 38.7 Å². The first-order valence-corrected chi connectivity index (χ1v) is 7.42. The standard InChI is InChI=1S/C16H21F3O4/c1-3-15(21,16(17,18)19)12-7-9-13(10-8-12)23-11-5-6-14(20)22-4-2/h7-10,21H,3-6,11H2,1-2H3. The fourth-order valence-electron chi connectivity index (χ4n) is 2.03. The van der Waals surface area contributed by atoms with Gasteiger partial charge in [0.25, 0.3) is 0 Å². The number of benzene rings is 1. The highest BCUT2D eigenvalue weighted by Gasteiger charge is 2.53. The third-order valence-electron chi connectivity index (χ3n) is 3.41. The van der Waals surface area contributed by atoms with E-state index in [1.165, 1.54) is 31.2 Å². The Morgan fingerprint density at radius 3 is 2.26 bits per heavy atom. The molecule has 0 aromatic heterocycles. The Balaban J connectivity index is 2.58. The first-order chi connectivity index (χ1) is 10.7. The van der Waals surface area contributed by atoms with Gasteiger partial charge in [-0.25, -0.2) is 0 Å². The van der Waals surface area contributed by atoms with Crippen molar-refractivity contribution in [2.45, 2.75) is 44.9 Å². The van der Waals surface area contributed by atoms with Gasteiger partial charge in [0.05, 0.1) is 13.2 Å². The molecule has 0 fully saturated rings. The Bertz CT molecular complexity index is 499. The van der Waals surface area contributed by atoms with Gasteiger partial charge in [0.1, 0.15) is 5.75 Å². The number of esters is 1. The molecule has 0 bridgehead atoms. The number of hydrogen-bond acceptors (Lipinski definition) is 4. The Hall–Kier alpha value is -1.76. The lowest BCUT2D eigenvalue weighted by Gasteiger charge is -2.29. The summed E-state index contributed by atoms with van der Waals surface area (Å²) in [5.41, 5.74) is -3.10. The molecule has 1 N–H and O–H groups in total. The Labute approximate surface area is 133 Å². The van der Waals surface area contributed by atoms with Crippen LogP contribution in [0.3, 0.4) is 0 Å². The molecule has 0 amide bonds. The van der Waals surface area contributed by atoms with Crippen LogP contribution in [-0.4, -0.2) is 30.5 Å². The van der Waals surface area contributed by atoms with Gasteiger partial charge in [0.2, 0.25) is 0 Å². The number of halogens is 3. The van der Waals surface area contributed by atoms with E-state index in [9.17, 15) is 23.1 Å². The summed E-state index contributed by atoms with van der Waals surface area (Å²) in [5.74, 6) is 0.0582. The summed E-state index contributed by atoms with van der Waals surface area (Å²) in [6.45, 7) is 3.55. The zero-order chi connectivity index (χ0) is 17.5. The largest absolute Gasteiger partial charge is 0.494 e. The van der Waals surface area contributed by atoms with Crippen LogP contribution < -0.4 is 4.74 Å². The maximum Gasteiger partial charge on any atom is 0.421 e. The Kier molecular flexibility index (Phi) is 6.87. The molecule has 23 heavy (non-hydrogen) atoms. The third-order valence-corrected chi connectivity index (χ3v) is 3.41. The van der Waals surface area contributed by atoms with Crippen molar-refractivity contribution in [2.24, 2.45) is 0 Å². The van der Waals surface area contributed by atoms with Crippen molar-refractivity contribution >= 4 is 5.97 Å². The van der Waals surface area contributed by atoms with E-state index in [2.05, 4.69) is 0 Å². The maximum atomic E-state index is 13.0. The van der Waals surface area contributed by atoms with Gasteiger partial charge in [-0.1, -0.05) is 19.1 Å². The topological polar surface area (TPSA) is 55.8 Å². The predicted octanol–water partition coefficient (Wildman–Crippen LogP) is 3.57. The van der Waals surface area contributed by atoms with Crippen molar-refractivity contribution in [2.75, 3.05) is 13.2 Å². The van der Waals surface area contributed by atoms with Gasteiger partial charge in [0.15, 0.2) is 5.60 Å². The lowest BCUT2D eigenvalue weighted by atomic mass is 9.90. The van der Waals surface area contributed by atoms with Crippen LogP contribution in [0.5, 0.6) is 5.75 Å². The number of alkyl halides is 3. The minimum absolute atomic E-state index is 0.218. The molecule has 0 saturated heterocycles. The van der Waals surface area contributed by atoms with E-state index in [1.807, 2.05) is 0 Å². The number of hydrogen-bond donors (Lipinski definition) is 1. The van der Waals surface area contributed by atoms with E-state index < -0.39 is 18.2 Å². The highest BCUT2D eigenvalue weighted by molar-refractivity contribution is 5.69. The maximum absolute atomic E-state index is 13.0. The number of ether oxygens (including phenoxy) is 2. The second-order valence-corrected chi connectivity index (χ2v) is 4.99. The lowest BCUT2D eigenvalue weighted by Crippen LogP contribution is -2.41. The molecule has 0 radical (unpaired) electrons. The van der Waals surface area contributed by atoms with E-state index in [0.29, 0.717) is 18.8 Å². The zero-order valence-corrected chi connectivity index (χ0v) is 13.2. The molecule has 0 aliphatic carbocycles. The quantitative estimate of drug-likeness (QED) is 0.583. The Morgan fingerprint density at radius 1 is 1.17 bits per heavy atom. The summed E-state index contributed by atoms with van der Waals surface area (Å²) in [4.78, 5) is 11.1. The minimum Gasteiger partial charge on any atom is -0.494 e. The molecule has 0 spiro atoms. The predicted molar refractivity (Wildman–Crippen MR) is 78.0 cm³/mol. The van der Waals surface area contributed by atoms with Crippen molar-refractivity contribution < 1.29 is 32.5 Å². The molecule has 0 aliphatic heterocycles. The van der Waals surface area contributed by atoms with Crippen LogP contribution in [0.2, 0.25) is 0 Å². The molecule has 4 nitrogen and oxygen atoms in total. The smallest absolute Gasteiger partial charge is 0.421 e. The summed E-state index contributed by atoms with van der Waals surface area (Å²) in [5, 5.41) is 9.83. The van der Waals surface area contributed by atoms with E-state index in [0.717, 1.165) is 0 Å². The minimum atomic E-state index is -4.75. The Morgan fingerprint density at radius 2 is 1.78 bits per heavy atom. The molecule has 0 saturated carbocycles. The van der Waals surface area contributed by atoms with Gasteiger partial charge in [-0.3, -0.25) is 4.79 Å². The van der Waals surface area contributed by atoms with Crippen molar-refractivity contribution in [1.82, 2.24) is 0 Å². The normalized spacial score (nSPS) is 14.2. The SMILES string of the molecule is CCOC(=O)CCCOc1ccc(C(O)(CC)C(F)(F)F)cc1. The molecule has 0 heterocycles. The molecular weight excluding hydrogens is 313 g/mol. The van der Waals surface area contributed by atoms with Gasteiger partial charge >= 0.3 is 12.1 Å². The average molecular weight is 334 g/mol. The van der Waals surface area contributed by atoms with Crippen LogP contribution in [0, 0.1) is 0 Å². The van der Waals surface area contributed by atoms with Crippen molar-refractivity contribution in [3.63, 3.8) is 0 Å². The molecule has 7 heteroatoms. The summed E-state index contributed by atoms with van der Waals surface area (Å²) in [6.07, 6.45) is -4.56. The van der Waals surface area contributed by atoms with E-state index in [1.54, 1.807) is 6.92 Å². The van der Waals surface area contributed by atoms with Gasteiger partial charge in [-0.15, -0.1) is 0 Å². The summed E-state index contributed by atoms with van der Waals surface area (Å²) < 4.78 is 49.0. The number of aliphatic hydroxyl groups is 1. The monoisotopic (exact) mass is 334 g/mol. The molecule has 1 aromatic carbocycles. The average Bonchev–Trinajstić information content (AvgIpc) is 2.50. The van der Waals surface area contributed by atoms with Gasteiger partial charge in [-0.05, 0) is 37.5 Å². The zero-order valence-electron chi connectivity index (χ0n) is 13.2. The molecule has 130 valence electrons. The van der Waals surface area contributed by atoms with Crippen LogP contribution in [0.15, 0.2) is 24.3 Å². The molecule has 1 unspecified atom stereocenters. The van der Waals surface area contributed by atoms with Gasteiger partial charge in [0, 0.05) is 6.42 Å². The van der Waals surface area contributed by atoms with E-state index in [-0.39, 0.29) is 24.6 Å². The molecule has 1 rings (SSSR count). The van der Waals surface area contributed by atoms with E-state index >= 15 is 0 Å². The highest BCUT2D eigenvalue weighted by atomic mass is 19.4. The second-order valence-electron chi connectivity index (χ2n) is 4.99. The van der Waals surface area contributed by atoms with Crippen LogP contribution in [0.25, 0.3) is 0 Å². The molecular formula is C16H21F3O4. The number of carbonyl (C=O) groups excluding carboxylic acids is 1. The van der Waals surface area contributed by atoms with Crippen molar-refractivity contribution in [3.8, 4) is 5.75 Å². The number of rotatable bonds is 8. The molecule has 1 atom stereocenters. The lowest BCUT2D eigenvalue weighted by molar-refractivity contribution is -0.267. The molecule has 1 aromatic rings. The van der Waals surface area contributed by atoms with Crippen molar-refractivity contribution in [3.05, 3.63) is 29.8 Å². The van der Waals surface area contributed by atoms with Crippen LogP contribution in [0.4, 0.5) is 13.2 Å². The summed E-state index contributed by atoms with van der Waals surface area (Å²) >= 11 is 0. The third kappa shape index (κ3) is 5.13. The van der Waals surface area contributed by atoms with Gasteiger partial charge < -0.3 is 14.6 Å². The van der Waals surface area contributed by atoms with E-state index in [4.69, 9.17) is 9.47 Å². The highest BCUT2D eigenvalue weighted by Crippen LogP contribution is 2.41. The fourth-order valence-corrected chi connectivity index (χ4v) is 2.03. The van der Waals surface area contributed by atoms with Crippen LogP contribution >= 0.6 is 0 Å².